The van der Waals surface area contributed by atoms with Crippen LogP contribution in [0.3, 0.4) is 0 Å². The monoisotopic (exact) mass is 599 g/mol. The van der Waals surface area contributed by atoms with Crippen molar-refractivity contribution in [3.8, 4) is 22.6 Å². The fourth-order valence-corrected chi connectivity index (χ4v) is 7.50. The van der Waals surface area contributed by atoms with Crippen LogP contribution in [0, 0.1) is 13.8 Å². The standard InChI is InChI=1S/C32H33N5O5S/c1-20-10-13-24(14-11-20)43(40,41)37-17-16-33-31(39)29(37)19-30(38)35-28-9-5-6-22-18-23(12-15-26(22)28)25-7-3-4-8-27(25)32-34-21(2)36-42-32/h3-4,7-8,10-15,18,28-29H,5-6,9,16-17,19H2,1-2H3,(H,33,39)(H,35,38). The van der Waals surface area contributed by atoms with Crippen molar-refractivity contribution in [2.75, 3.05) is 13.1 Å². The molecule has 2 atom stereocenters. The number of carbonyl (C=O) groups is 2. The summed E-state index contributed by atoms with van der Waals surface area (Å²) in [6.07, 6.45) is 2.23. The molecule has 10 nitrogen and oxygen atoms in total. The first-order valence-electron chi connectivity index (χ1n) is 14.4. The van der Waals surface area contributed by atoms with Crippen molar-refractivity contribution in [2.45, 2.75) is 56.5 Å². The Labute approximate surface area is 250 Å². The Bertz CT molecular complexity index is 1780. The van der Waals surface area contributed by atoms with Gasteiger partial charge >= 0.3 is 0 Å². The van der Waals surface area contributed by atoms with Crippen LogP contribution in [0.4, 0.5) is 0 Å². The van der Waals surface area contributed by atoms with E-state index in [1.165, 1.54) is 12.1 Å². The van der Waals surface area contributed by atoms with Gasteiger partial charge in [0.15, 0.2) is 5.82 Å². The van der Waals surface area contributed by atoms with Crippen LogP contribution in [0.5, 0.6) is 0 Å². The second-order valence-corrected chi connectivity index (χ2v) is 12.9. The zero-order valence-electron chi connectivity index (χ0n) is 24.0. The molecule has 0 radical (unpaired) electrons. The molecule has 11 heteroatoms. The number of amides is 2. The topological polar surface area (TPSA) is 134 Å². The highest BCUT2D eigenvalue weighted by Gasteiger charge is 2.40. The van der Waals surface area contributed by atoms with E-state index in [0.717, 1.165) is 56.9 Å². The van der Waals surface area contributed by atoms with Gasteiger partial charge in [-0.15, -0.1) is 0 Å². The molecule has 2 N–H and O–H groups in total. The Morgan fingerprint density at radius 1 is 1.07 bits per heavy atom. The second kappa shape index (κ2) is 11.7. The van der Waals surface area contributed by atoms with E-state index in [9.17, 15) is 18.0 Å². The van der Waals surface area contributed by atoms with Crippen molar-refractivity contribution >= 4 is 21.8 Å². The summed E-state index contributed by atoms with van der Waals surface area (Å²) in [6, 6.07) is 19.2. The lowest BCUT2D eigenvalue weighted by Crippen LogP contribution is -2.58. The summed E-state index contributed by atoms with van der Waals surface area (Å²) in [5, 5.41) is 9.74. The highest BCUT2D eigenvalue weighted by atomic mass is 32.2. The van der Waals surface area contributed by atoms with Crippen molar-refractivity contribution in [3.63, 3.8) is 0 Å². The summed E-state index contributed by atoms with van der Waals surface area (Å²) < 4.78 is 33.5. The van der Waals surface area contributed by atoms with E-state index >= 15 is 0 Å². The van der Waals surface area contributed by atoms with Gasteiger partial charge in [0.1, 0.15) is 6.04 Å². The van der Waals surface area contributed by atoms with Gasteiger partial charge in [-0.1, -0.05) is 59.3 Å². The normalized spacial score (nSPS) is 19.0. The first-order chi connectivity index (χ1) is 20.7. The first-order valence-corrected chi connectivity index (χ1v) is 15.8. The molecule has 0 bridgehead atoms. The molecule has 222 valence electrons. The molecular formula is C32H33N5O5S. The number of nitrogens with zero attached hydrogens (tertiary/aromatic N) is 3. The van der Waals surface area contributed by atoms with Gasteiger partial charge in [-0.3, -0.25) is 9.59 Å². The molecule has 1 aliphatic heterocycles. The Hall–Kier alpha value is -4.35. The Kier molecular flexibility index (Phi) is 7.85. The third-order valence-corrected chi connectivity index (χ3v) is 10.00. The lowest BCUT2D eigenvalue weighted by atomic mass is 9.85. The molecule has 43 heavy (non-hydrogen) atoms. The molecule has 4 aromatic rings. The molecule has 1 saturated heterocycles. The SMILES string of the molecule is Cc1ccc(S(=O)(=O)N2CCNC(=O)C2CC(=O)NC2CCCc3cc(-c4ccccc4-c4nc(C)no4)ccc32)cc1. The average Bonchev–Trinajstić information content (AvgIpc) is 3.44. The Morgan fingerprint density at radius 2 is 1.84 bits per heavy atom. The van der Waals surface area contributed by atoms with Crippen LogP contribution < -0.4 is 10.6 Å². The number of aromatic nitrogens is 2. The van der Waals surface area contributed by atoms with Crippen LogP contribution in [0.2, 0.25) is 0 Å². The second-order valence-electron chi connectivity index (χ2n) is 11.1. The van der Waals surface area contributed by atoms with Gasteiger partial charge in [0.2, 0.25) is 21.8 Å². The van der Waals surface area contributed by atoms with Gasteiger partial charge < -0.3 is 15.2 Å². The van der Waals surface area contributed by atoms with E-state index in [1.807, 2.05) is 43.3 Å². The van der Waals surface area contributed by atoms with Gasteiger partial charge in [0.05, 0.1) is 17.4 Å². The van der Waals surface area contributed by atoms with Crippen molar-refractivity contribution in [2.24, 2.45) is 0 Å². The smallest absolute Gasteiger partial charge is 0.258 e. The number of aryl methyl sites for hydroxylation is 3. The summed E-state index contributed by atoms with van der Waals surface area (Å²) in [6.45, 7) is 3.94. The van der Waals surface area contributed by atoms with Gasteiger partial charge in [0, 0.05) is 18.7 Å². The molecule has 1 aromatic heterocycles. The number of sulfonamides is 1. The van der Waals surface area contributed by atoms with E-state index in [0.29, 0.717) is 11.7 Å². The van der Waals surface area contributed by atoms with Crippen LogP contribution in [-0.2, 0) is 26.0 Å². The van der Waals surface area contributed by atoms with Crippen LogP contribution in [-0.4, -0.2) is 53.8 Å². The number of rotatable bonds is 7. The van der Waals surface area contributed by atoms with Crippen LogP contribution in [0.15, 0.2) is 76.1 Å². The number of hydrogen-bond acceptors (Lipinski definition) is 7. The Morgan fingerprint density at radius 3 is 2.58 bits per heavy atom. The number of benzene rings is 3. The largest absolute Gasteiger partial charge is 0.353 e. The maximum absolute atomic E-state index is 13.5. The quantitative estimate of drug-likeness (QED) is 0.327. The molecule has 1 fully saturated rings. The molecular weight excluding hydrogens is 566 g/mol. The van der Waals surface area contributed by atoms with E-state index in [2.05, 4.69) is 26.8 Å². The summed E-state index contributed by atoms with van der Waals surface area (Å²) in [7, 11) is -3.96. The molecule has 2 heterocycles. The molecule has 0 saturated carbocycles. The molecule has 2 amide bonds. The van der Waals surface area contributed by atoms with Crippen LogP contribution in [0.1, 0.15) is 47.8 Å². The van der Waals surface area contributed by atoms with Crippen molar-refractivity contribution in [1.29, 1.82) is 0 Å². The predicted molar refractivity (Wildman–Crippen MR) is 160 cm³/mol. The number of nitrogens with one attached hydrogen (secondary N) is 2. The highest BCUT2D eigenvalue weighted by Crippen LogP contribution is 2.36. The fraction of sp³-hybridized carbons (Fsp3) is 0.312. The maximum Gasteiger partial charge on any atom is 0.258 e. The lowest BCUT2D eigenvalue weighted by Gasteiger charge is -2.34. The third-order valence-electron chi connectivity index (χ3n) is 8.08. The summed E-state index contributed by atoms with van der Waals surface area (Å²) >= 11 is 0. The van der Waals surface area contributed by atoms with Crippen LogP contribution in [0.25, 0.3) is 22.6 Å². The molecule has 2 aliphatic rings. The molecule has 1 aliphatic carbocycles. The molecule has 0 spiro atoms. The van der Waals surface area contributed by atoms with E-state index in [1.54, 1.807) is 19.1 Å². The van der Waals surface area contributed by atoms with E-state index in [-0.39, 0.29) is 36.4 Å². The molecule has 6 rings (SSSR count). The molecule has 2 unspecified atom stereocenters. The fourth-order valence-electron chi connectivity index (χ4n) is 5.91. The summed E-state index contributed by atoms with van der Waals surface area (Å²) in [5.74, 6) is 0.183. The van der Waals surface area contributed by atoms with Gasteiger partial charge in [-0.2, -0.15) is 9.29 Å². The predicted octanol–water partition coefficient (Wildman–Crippen LogP) is 4.09. The van der Waals surface area contributed by atoms with Gasteiger partial charge in [-0.25, -0.2) is 8.42 Å². The van der Waals surface area contributed by atoms with Crippen molar-refractivity contribution in [1.82, 2.24) is 25.1 Å². The molecule has 3 aromatic carbocycles. The number of hydrogen-bond donors (Lipinski definition) is 2. The summed E-state index contributed by atoms with van der Waals surface area (Å²) in [4.78, 5) is 30.7. The van der Waals surface area contributed by atoms with Crippen molar-refractivity contribution < 1.29 is 22.5 Å². The zero-order chi connectivity index (χ0) is 30.1. The minimum Gasteiger partial charge on any atom is -0.353 e. The van der Waals surface area contributed by atoms with E-state index < -0.39 is 22.0 Å². The third kappa shape index (κ3) is 5.82. The minimum absolute atomic E-state index is 0.0968. The first kappa shape index (κ1) is 28.8. The van der Waals surface area contributed by atoms with E-state index in [4.69, 9.17) is 4.52 Å². The minimum atomic E-state index is -3.96. The zero-order valence-corrected chi connectivity index (χ0v) is 24.9. The average molecular weight is 600 g/mol. The summed E-state index contributed by atoms with van der Waals surface area (Å²) in [5.41, 5.74) is 5.90. The van der Waals surface area contributed by atoms with Crippen molar-refractivity contribution in [3.05, 3.63) is 89.2 Å². The number of carbonyl (C=O) groups excluding carboxylic acids is 2. The van der Waals surface area contributed by atoms with Crippen LogP contribution >= 0.6 is 0 Å². The highest BCUT2D eigenvalue weighted by molar-refractivity contribution is 7.89. The Balaban J connectivity index is 1.21. The number of fused-ring (bicyclic) bond motifs is 1. The maximum atomic E-state index is 13.5. The van der Waals surface area contributed by atoms with Gasteiger partial charge in [0.25, 0.3) is 5.89 Å². The van der Waals surface area contributed by atoms with Gasteiger partial charge in [-0.05, 0) is 73.6 Å². The lowest BCUT2D eigenvalue weighted by molar-refractivity contribution is -0.132. The number of piperazine rings is 1.